The van der Waals surface area contributed by atoms with E-state index in [1.54, 1.807) is 24.4 Å². The van der Waals surface area contributed by atoms with Crippen LogP contribution in [0.1, 0.15) is 49.0 Å². The first-order valence-corrected chi connectivity index (χ1v) is 12.6. The van der Waals surface area contributed by atoms with Crippen molar-refractivity contribution in [2.45, 2.75) is 55.8 Å². The quantitative estimate of drug-likeness (QED) is 0.784. The molecule has 0 radical (unpaired) electrons. The molecule has 1 heterocycles. The Morgan fingerprint density at radius 2 is 2.00 bits per heavy atom. The van der Waals surface area contributed by atoms with Crippen molar-refractivity contribution < 1.29 is 13.2 Å². The average Bonchev–Trinajstić information content (AvgIpc) is 3.32. The number of nitrogens with one attached hydrogen (secondary N) is 1. The van der Waals surface area contributed by atoms with Gasteiger partial charge in [-0.25, -0.2) is 13.4 Å². The van der Waals surface area contributed by atoms with Crippen molar-refractivity contribution >= 4 is 32.2 Å². The smallest absolute Gasteiger partial charge is 0.237 e. The highest BCUT2D eigenvalue weighted by atomic mass is 32.2. The number of thiazole rings is 1. The molecule has 2 atom stereocenters. The third-order valence-corrected chi connectivity index (χ3v) is 8.20. The second-order valence-corrected chi connectivity index (χ2v) is 11.5. The standard InChI is InChI=1S/C21H26N2O3S2/c1-14-13-22-20(27-14)23-19(24)21(12-18(21)15-7-4-3-5-8-15)16-9-6-10-17(11-16)28(2,25)26/h6,9-11,13,15,18H,3-5,7-8,12H2,1-2H3,(H,22,23,24)/t18-,21-/m0/s1. The minimum Gasteiger partial charge on any atom is -0.301 e. The highest BCUT2D eigenvalue weighted by Crippen LogP contribution is 2.61. The number of anilines is 1. The van der Waals surface area contributed by atoms with Gasteiger partial charge >= 0.3 is 0 Å². The number of nitrogens with zero attached hydrogens (tertiary/aromatic N) is 1. The maximum absolute atomic E-state index is 13.4. The molecule has 0 aliphatic heterocycles. The molecular formula is C21H26N2O3S2. The van der Waals surface area contributed by atoms with E-state index in [0.717, 1.165) is 29.7 Å². The molecule has 2 fully saturated rings. The lowest BCUT2D eigenvalue weighted by molar-refractivity contribution is -0.119. The highest BCUT2D eigenvalue weighted by Gasteiger charge is 2.63. The number of aryl methyl sites for hydroxylation is 1. The van der Waals surface area contributed by atoms with E-state index in [-0.39, 0.29) is 16.7 Å². The van der Waals surface area contributed by atoms with Crippen LogP contribution in [0.3, 0.4) is 0 Å². The van der Waals surface area contributed by atoms with Crippen molar-refractivity contribution in [3.05, 3.63) is 40.9 Å². The number of hydrogen-bond donors (Lipinski definition) is 1. The van der Waals surface area contributed by atoms with E-state index in [2.05, 4.69) is 10.3 Å². The SMILES string of the molecule is Cc1cnc(NC(=O)[C@]2(c3cccc(S(C)(=O)=O)c3)C[C@H]2C2CCCCC2)s1. The van der Waals surface area contributed by atoms with Crippen LogP contribution >= 0.6 is 11.3 Å². The van der Waals surface area contributed by atoms with Crippen LogP contribution in [0.5, 0.6) is 0 Å². The number of hydrogen-bond acceptors (Lipinski definition) is 5. The van der Waals surface area contributed by atoms with Gasteiger partial charge in [-0.3, -0.25) is 4.79 Å². The zero-order valence-corrected chi connectivity index (χ0v) is 17.9. The maximum atomic E-state index is 13.4. The molecule has 28 heavy (non-hydrogen) atoms. The van der Waals surface area contributed by atoms with Gasteiger partial charge in [-0.2, -0.15) is 0 Å². The number of benzene rings is 1. The van der Waals surface area contributed by atoms with E-state index >= 15 is 0 Å². The van der Waals surface area contributed by atoms with E-state index in [4.69, 9.17) is 0 Å². The van der Waals surface area contributed by atoms with E-state index in [1.165, 1.54) is 36.9 Å². The molecule has 1 N–H and O–H groups in total. The molecule has 2 saturated carbocycles. The van der Waals surface area contributed by atoms with E-state index in [1.807, 2.05) is 13.0 Å². The molecule has 7 heteroatoms. The Kier molecular flexibility index (Phi) is 5.08. The second-order valence-electron chi connectivity index (χ2n) is 8.21. The largest absolute Gasteiger partial charge is 0.301 e. The Balaban J connectivity index is 1.69. The molecule has 1 aromatic carbocycles. The van der Waals surface area contributed by atoms with Crippen LogP contribution in [0.15, 0.2) is 35.4 Å². The molecule has 4 rings (SSSR count). The number of rotatable bonds is 5. The summed E-state index contributed by atoms with van der Waals surface area (Å²) in [6.45, 7) is 1.96. The zero-order chi connectivity index (χ0) is 19.9. The van der Waals surface area contributed by atoms with Crippen LogP contribution in [-0.2, 0) is 20.0 Å². The third kappa shape index (κ3) is 3.62. The Hall–Kier alpha value is -1.73. The van der Waals surface area contributed by atoms with Gasteiger partial charge in [0.25, 0.3) is 0 Å². The number of aromatic nitrogens is 1. The molecule has 150 valence electrons. The van der Waals surface area contributed by atoms with Crippen molar-refractivity contribution in [1.82, 2.24) is 4.98 Å². The lowest BCUT2D eigenvalue weighted by Crippen LogP contribution is -2.32. The molecule has 0 bridgehead atoms. The first kappa shape index (κ1) is 19.6. The molecule has 2 aliphatic carbocycles. The first-order chi connectivity index (χ1) is 13.3. The molecule has 0 saturated heterocycles. The maximum Gasteiger partial charge on any atom is 0.237 e. The fourth-order valence-corrected chi connectivity index (χ4v) is 6.07. The summed E-state index contributed by atoms with van der Waals surface area (Å²) in [6, 6.07) is 6.96. The monoisotopic (exact) mass is 418 g/mol. The summed E-state index contributed by atoms with van der Waals surface area (Å²) in [7, 11) is -3.32. The summed E-state index contributed by atoms with van der Waals surface area (Å²) in [5, 5.41) is 3.62. The first-order valence-electron chi connectivity index (χ1n) is 9.85. The van der Waals surface area contributed by atoms with Gasteiger partial charge in [-0.15, -0.1) is 11.3 Å². The average molecular weight is 419 g/mol. The van der Waals surface area contributed by atoms with Gasteiger partial charge < -0.3 is 5.32 Å². The van der Waals surface area contributed by atoms with Crippen LogP contribution in [0, 0.1) is 18.8 Å². The molecule has 5 nitrogen and oxygen atoms in total. The number of carbonyl (C=O) groups excluding carboxylic acids is 1. The topological polar surface area (TPSA) is 76.1 Å². The summed E-state index contributed by atoms with van der Waals surface area (Å²) >= 11 is 1.46. The van der Waals surface area contributed by atoms with Crippen LogP contribution < -0.4 is 5.32 Å². The normalized spacial score (nSPS) is 25.4. The Morgan fingerprint density at radius 3 is 2.64 bits per heavy atom. The van der Waals surface area contributed by atoms with Gasteiger partial charge in [0.2, 0.25) is 5.91 Å². The minimum atomic E-state index is -3.32. The van der Waals surface area contributed by atoms with Crippen molar-refractivity contribution in [2.24, 2.45) is 11.8 Å². The van der Waals surface area contributed by atoms with Crippen LogP contribution in [0.2, 0.25) is 0 Å². The van der Waals surface area contributed by atoms with Gasteiger partial charge in [0.05, 0.1) is 10.3 Å². The lowest BCUT2D eigenvalue weighted by atomic mass is 9.80. The Morgan fingerprint density at radius 1 is 1.25 bits per heavy atom. The fraction of sp³-hybridized carbons (Fsp3) is 0.524. The second kappa shape index (κ2) is 7.26. The molecule has 2 aliphatic rings. The van der Waals surface area contributed by atoms with Gasteiger partial charge in [-0.05, 0) is 42.9 Å². The van der Waals surface area contributed by atoms with Crippen molar-refractivity contribution in [2.75, 3.05) is 11.6 Å². The zero-order valence-electron chi connectivity index (χ0n) is 16.3. The van der Waals surface area contributed by atoms with E-state index < -0.39 is 15.3 Å². The van der Waals surface area contributed by atoms with Crippen LogP contribution in [0.25, 0.3) is 0 Å². The molecule has 0 spiro atoms. The lowest BCUT2D eigenvalue weighted by Gasteiger charge is -2.25. The van der Waals surface area contributed by atoms with Gasteiger partial charge in [0.1, 0.15) is 0 Å². The summed E-state index contributed by atoms with van der Waals surface area (Å²) in [4.78, 5) is 19.0. The van der Waals surface area contributed by atoms with Crippen molar-refractivity contribution in [3.63, 3.8) is 0 Å². The fourth-order valence-electron chi connectivity index (χ4n) is 4.74. The molecule has 1 aromatic heterocycles. The van der Waals surface area contributed by atoms with Gasteiger partial charge in [0.15, 0.2) is 15.0 Å². The predicted molar refractivity (Wildman–Crippen MR) is 111 cm³/mol. The van der Waals surface area contributed by atoms with Crippen molar-refractivity contribution in [3.8, 4) is 0 Å². The molecule has 1 amide bonds. The Labute approximate surface area is 170 Å². The molecule has 0 unspecified atom stereocenters. The van der Waals surface area contributed by atoms with Crippen LogP contribution in [0.4, 0.5) is 5.13 Å². The summed E-state index contributed by atoms with van der Waals surface area (Å²) < 4.78 is 24.1. The predicted octanol–water partition coefficient (Wildman–Crippen LogP) is 4.33. The van der Waals surface area contributed by atoms with Crippen LogP contribution in [-0.4, -0.2) is 25.6 Å². The summed E-state index contributed by atoms with van der Waals surface area (Å²) in [5.41, 5.74) is 0.166. The molecule has 2 aromatic rings. The third-order valence-electron chi connectivity index (χ3n) is 6.26. The number of carbonyl (C=O) groups is 1. The molecular weight excluding hydrogens is 392 g/mol. The summed E-state index contributed by atoms with van der Waals surface area (Å²) in [5.74, 6) is 0.742. The Bertz CT molecular complexity index is 993. The van der Waals surface area contributed by atoms with Crippen molar-refractivity contribution in [1.29, 1.82) is 0 Å². The van der Waals surface area contributed by atoms with E-state index in [0.29, 0.717) is 11.0 Å². The van der Waals surface area contributed by atoms with Gasteiger partial charge in [0, 0.05) is 17.3 Å². The number of sulfone groups is 1. The minimum absolute atomic E-state index is 0.0527. The summed E-state index contributed by atoms with van der Waals surface area (Å²) in [6.07, 6.45) is 9.75. The van der Waals surface area contributed by atoms with Gasteiger partial charge in [-0.1, -0.05) is 44.2 Å². The highest BCUT2D eigenvalue weighted by molar-refractivity contribution is 7.90. The van der Waals surface area contributed by atoms with E-state index in [9.17, 15) is 13.2 Å². The number of amides is 1.